The fourth-order valence-electron chi connectivity index (χ4n) is 0.550. The molecule has 0 amide bonds. The molecule has 0 aromatic heterocycles. The van der Waals surface area contributed by atoms with Crippen molar-refractivity contribution in [2.75, 3.05) is 0 Å². The van der Waals surface area contributed by atoms with Crippen LogP contribution in [0.4, 0.5) is 39.5 Å². The highest BCUT2D eigenvalue weighted by Crippen LogP contribution is 2.43. The molecule has 0 aliphatic heterocycles. The molecule has 5 nitrogen and oxygen atoms in total. The lowest BCUT2D eigenvalue weighted by molar-refractivity contribution is -0.225. The summed E-state index contributed by atoms with van der Waals surface area (Å²) in [6.45, 7) is 0. The number of rotatable bonds is 5. The molecule has 122 valence electrons. The maximum atomic E-state index is 12.6. The lowest BCUT2D eigenvalue weighted by atomic mass is 10.4. The number of hydrogen-bond donors (Lipinski definition) is 1. The second kappa shape index (κ2) is 4.90. The van der Waals surface area contributed by atoms with Crippen LogP contribution < -0.4 is 4.13 Å². The Morgan fingerprint density at radius 1 is 0.750 bits per heavy atom. The lowest BCUT2D eigenvalue weighted by Crippen LogP contribution is -2.57. The van der Waals surface area contributed by atoms with E-state index >= 15 is 0 Å². The Morgan fingerprint density at radius 3 is 1.35 bits per heavy atom. The SMILES string of the molecule is O=S(=O)(NS(=O)(=O)C(F)(F)C(F)(F)C(F)F)C(F)(F)F. The summed E-state index contributed by atoms with van der Waals surface area (Å²) < 4.78 is 149. The zero-order valence-electron chi connectivity index (χ0n) is 8.43. The first-order chi connectivity index (χ1) is 8.40. The molecule has 0 atom stereocenters. The summed E-state index contributed by atoms with van der Waals surface area (Å²) in [4.78, 5) is 0. The highest BCUT2D eigenvalue weighted by Gasteiger charge is 2.72. The van der Waals surface area contributed by atoms with Crippen molar-refractivity contribution in [1.82, 2.24) is 4.13 Å². The third-order valence-electron chi connectivity index (χ3n) is 1.52. The van der Waals surface area contributed by atoms with Gasteiger partial charge in [0.2, 0.25) is 0 Å². The summed E-state index contributed by atoms with van der Waals surface area (Å²) in [6, 6.07) is 0. The van der Waals surface area contributed by atoms with Crippen molar-refractivity contribution in [3.05, 3.63) is 0 Å². The Labute approximate surface area is 104 Å². The highest BCUT2D eigenvalue weighted by molar-refractivity contribution is 8.05. The molecular weight excluding hydrogens is 361 g/mol. The van der Waals surface area contributed by atoms with Gasteiger partial charge in [0, 0.05) is 0 Å². The molecule has 0 bridgehead atoms. The third-order valence-corrected chi connectivity index (χ3v) is 4.84. The van der Waals surface area contributed by atoms with Crippen molar-refractivity contribution >= 4 is 20.0 Å². The van der Waals surface area contributed by atoms with Crippen molar-refractivity contribution < 1.29 is 56.3 Å². The fourth-order valence-corrected chi connectivity index (χ4v) is 2.95. The zero-order chi connectivity index (χ0) is 16.8. The standard InChI is InChI=1S/C4H2F9NO4S2/c5-1(6)2(7,8)3(9,10)19(15,16)14-20(17,18)4(11,12)13/h1,14H. The van der Waals surface area contributed by atoms with E-state index in [1.807, 2.05) is 0 Å². The van der Waals surface area contributed by atoms with Gasteiger partial charge in [0.15, 0.2) is 0 Å². The van der Waals surface area contributed by atoms with Gasteiger partial charge >= 0.3 is 33.1 Å². The maximum absolute atomic E-state index is 12.6. The molecule has 16 heteroatoms. The number of alkyl halides is 9. The van der Waals surface area contributed by atoms with Crippen molar-refractivity contribution in [1.29, 1.82) is 0 Å². The van der Waals surface area contributed by atoms with Crippen molar-refractivity contribution in [2.45, 2.75) is 23.1 Å². The first-order valence-corrected chi connectivity index (χ1v) is 6.75. The molecule has 0 saturated carbocycles. The summed E-state index contributed by atoms with van der Waals surface area (Å²) in [6.07, 6.45) is -5.29. The van der Waals surface area contributed by atoms with Crippen LogP contribution in [0.2, 0.25) is 0 Å². The van der Waals surface area contributed by atoms with Gasteiger partial charge in [-0.3, -0.25) is 0 Å². The Morgan fingerprint density at radius 2 is 1.10 bits per heavy atom. The Kier molecular flexibility index (Phi) is 4.71. The van der Waals surface area contributed by atoms with E-state index in [0.29, 0.717) is 0 Å². The number of halogens is 9. The van der Waals surface area contributed by atoms with E-state index in [9.17, 15) is 56.3 Å². The molecule has 0 spiro atoms. The molecular formula is C4H2F9NO4S2. The van der Waals surface area contributed by atoms with Crippen LogP contribution in [0.15, 0.2) is 0 Å². The van der Waals surface area contributed by atoms with Crippen molar-refractivity contribution in [3.63, 3.8) is 0 Å². The molecule has 0 aliphatic rings. The second-order valence-corrected chi connectivity index (χ2v) is 6.63. The molecule has 0 heterocycles. The van der Waals surface area contributed by atoms with Crippen LogP contribution in [0.3, 0.4) is 0 Å². The first kappa shape index (κ1) is 19.2. The lowest BCUT2D eigenvalue weighted by Gasteiger charge is -2.25. The molecule has 0 saturated heterocycles. The van der Waals surface area contributed by atoms with Gasteiger partial charge in [0.1, 0.15) is 0 Å². The molecule has 20 heavy (non-hydrogen) atoms. The van der Waals surface area contributed by atoms with Gasteiger partial charge in [-0.2, -0.15) is 30.7 Å². The van der Waals surface area contributed by atoms with E-state index in [2.05, 4.69) is 0 Å². The minimum Gasteiger partial charge on any atom is -0.205 e. The summed E-state index contributed by atoms with van der Waals surface area (Å²) in [5, 5.41) is -6.81. The molecule has 0 aromatic rings. The predicted molar refractivity (Wildman–Crippen MR) is 42.9 cm³/mol. The Bertz CT molecular complexity index is 561. The maximum Gasteiger partial charge on any atom is 0.512 e. The summed E-state index contributed by atoms with van der Waals surface area (Å²) >= 11 is 0. The summed E-state index contributed by atoms with van der Waals surface area (Å²) in [7, 11) is -14.3. The molecule has 0 fully saturated rings. The first-order valence-electron chi connectivity index (χ1n) is 3.78. The van der Waals surface area contributed by atoms with E-state index in [0.717, 1.165) is 0 Å². The van der Waals surface area contributed by atoms with E-state index in [1.54, 1.807) is 0 Å². The molecule has 0 aliphatic carbocycles. The summed E-state index contributed by atoms with van der Waals surface area (Å²) in [5.41, 5.74) is -6.45. The smallest absolute Gasteiger partial charge is 0.205 e. The van der Waals surface area contributed by atoms with Crippen LogP contribution in [-0.4, -0.2) is 39.9 Å². The second-order valence-electron chi connectivity index (χ2n) is 2.98. The quantitative estimate of drug-likeness (QED) is 0.746. The molecule has 0 aromatic carbocycles. The van der Waals surface area contributed by atoms with Gasteiger partial charge in [-0.15, -0.1) is 0 Å². The normalized spacial score (nSPS) is 15.7. The van der Waals surface area contributed by atoms with Crippen LogP contribution in [0, 0.1) is 0 Å². The van der Waals surface area contributed by atoms with Crippen molar-refractivity contribution in [3.8, 4) is 0 Å². The number of hydrogen-bond acceptors (Lipinski definition) is 4. The van der Waals surface area contributed by atoms with Crippen LogP contribution >= 0.6 is 0 Å². The largest absolute Gasteiger partial charge is 0.512 e. The predicted octanol–water partition coefficient (Wildman–Crippen LogP) is 1.25. The van der Waals surface area contributed by atoms with Crippen molar-refractivity contribution in [2.24, 2.45) is 0 Å². The van der Waals surface area contributed by atoms with Gasteiger partial charge in [-0.25, -0.2) is 25.6 Å². The average molecular weight is 363 g/mol. The number of nitrogens with one attached hydrogen (secondary N) is 1. The third kappa shape index (κ3) is 3.11. The number of sulfonamides is 2. The van der Waals surface area contributed by atoms with E-state index in [-0.39, 0.29) is 0 Å². The van der Waals surface area contributed by atoms with Crippen LogP contribution in [0.25, 0.3) is 0 Å². The monoisotopic (exact) mass is 363 g/mol. The van der Waals surface area contributed by atoms with E-state index < -0.39 is 47.3 Å². The molecule has 1 N–H and O–H groups in total. The van der Waals surface area contributed by atoms with E-state index in [4.69, 9.17) is 0 Å². The molecule has 0 unspecified atom stereocenters. The van der Waals surface area contributed by atoms with Gasteiger partial charge in [-0.05, 0) is 0 Å². The molecule has 0 radical (unpaired) electrons. The van der Waals surface area contributed by atoms with E-state index in [1.165, 1.54) is 0 Å². The Balaban J connectivity index is 5.82. The van der Waals surface area contributed by atoms with Gasteiger partial charge < -0.3 is 0 Å². The Hall–Kier alpha value is -0.770. The highest BCUT2D eigenvalue weighted by atomic mass is 32.3. The zero-order valence-corrected chi connectivity index (χ0v) is 10.1. The van der Waals surface area contributed by atoms with Crippen LogP contribution in [0.5, 0.6) is 0 Å². The van der Waals surface area contributed by atoms with Crippen LogP contribution in [-0.2, 0) is 20.0 Å². The minimum absolute atomic E-state index is 0.770. The minimum atomic E-state index is -7.32. The molecule has 0 rings (SSSR count). The topological polar surface area (TPSA) is 80.3 Å². The van der Waals surface area contributed by atoms with Crippen LogP contribution in [0.1, 0.15) is 0 Å². The van der Waals surface area contributed by atoms with Gasteiger partial charge in [0.25, 0.3) is 10.0 Å². The average Bonchev–Trinajstić information content (AvgIpc) is 2.12. The van der Waals surface area contributed by atoms with Gasteiger partial charge in [-0.1, -0.05) is 4.13 Å². The summed E-state index contributed by atoms with van der Waals surface area (Å²) in [5.74, 6) is -6.63. The van der Waals surface area contributed by atoms with Gasteiger partial charge in [0.05, 0.1) is 0 Å². The fraction of sp³-hybridized carbons (Fsp3) is 1.00.